The van der Waals surface area contributed by atoms with E-state index in [2.05, 4.69) is 9.36 Å². The quantitative estimate of drug-likeness (QED) is 0.935. The van der Waals surface area contributed by atoms with Crippen LogP contribution in [-0.2, 0) is 21.8 Å². The number of rotatable bonds is 3. The van der Waals surface area contributed by atoms with Gasteiger partial charge in [-0.2, -0.15) is 22.5 Å². The van der Waals surface area contributed by atoms with Gasteiger partial charge in [0.15, 0.2) is 0 Å². The summed E-state index contributed by atoms with van der Waals surface area (Å²) in [5.41, 5.74) is 4.35. The van der Waals surface area contributed by atoms with E-state index in [9.17, 15) is 21.6 Å². The Morgan fingerprint density at radius 1 is 1.30 bits per heavy atom. The highest BCUT2D eigenvalue weighted by Crippen LogP contribution is 2.30. The van der Waals surface area contributed by atoms with Crippen molar-refractivity contribution in [1.82, 2.24) is 9.36 Å². The predicted molar refractivity (Wildman–Crippen MR) is 66.7 cm³/mol. The first-order valence-corrected chi connectivity index (χ1v) is 7.59. The van der Waals surface area contributed by atoms with Crippen molar-refractivity contribution in [3.63, 3.8) is 0 Å². The van der Waals surface area contributed by atoms with Crippen molar-refractivity contribution in [2.75, 3.05) is 5.73 Å². The van der Waals surface area contributed by atoms with Crippen molar-refractivity contribution in [1.29, 1.82) is 0 Å². The van der Waals surface area contributed by atoms with Crippen LogP contribution in [0.5, 0.6) is 0 Å². The molecule has 0 aliphatic rings. The Morgan fingerprint density at radius 2 is 2.00 bits per heavy atom. The zero-order valence-electron chi connectivity index (χ0n) is 9.76. The fourth-order valence-corrected chi connectivity index (χ4v) is 3.53. The van der Waals surface area contributed by atoms with Crippen LogP contribution in [0.4, 0.5) is 19.1 Å². The van der Waals surface area contributed by atoms with Gasteiger partial charge in [0, 0.05) is 11.5 Å². The number of nitrogen functional groups attached to an aromatic ring is 1. The van der Waals surface area contributed by atoms with Crippen LogP contribution in [0, 0.1) is 0 Å². The largest absolute Gasteiger partial charge is 0.416 e. The topological polar surface area (TPSA) is 85.9 Å². The fourth-order valence-electron chi connectivity index (χ4n) is 1.47. The number of halogens is 3. The first-order chi connectivity index (χ1) is 9.18. The number of nitrogens with two attached hydrogens (primary N) is 1. The van der Waals surface area contributed by atoms with Crippen LogP contribution in [0.25, 0.3) is 0 Å². The van der Waals surface area contributed by atoms with Gasteiger partial charge in [0.1, 0.15) is 0 Å². The average molecular weight is 323 g/mol. The van der Waals surface area contributed by atoms with Crippen LogP contribution in [0.2, 0.25) is 0 Å². The van der Waals surface area contributed by atoms with E-state index in [1.165, 1.54) is 6.07 Å². The molecule has 20 heavy (non-hydrogen) atoms. The molecule has 0 unspecified atom stereocenters. The molecule has 1 aromatic heterocycles. The van der Waals surface area contributed by atoms with Gasteiger partial charge in [-0.1, -0.05) is 18.2 Å². The van der Waals surface area contributed by atoms with Crippen molar-refractivity contribution in [2.45, 2.75) is 16.3 Å². The second-order valence-electron chi connectivity index (χ2n) is 3.88. The summed E-state index contributed by atoms with van der Waals surface area (Å²) in [6.45, 7) is 0. The van der Waals surface area contributed by atoms with Crippen LogP contribution in [0.1, 0.15) is 11.1 Å². The lowest BCUT2D eigenvalue weighted by Gasteiger charge is -2.08. The van der Waals surface area contributed by atoms with Gasteiger partial charge in [-0.05, 0) is 11.6 Å². The van der Waals surface area contributed by atoms with Crippen LogP contribution >= 0.6 is 11.5 Å². The second kappa shape index (κ2) is 5.02. The molecule has 0 amide bonds. The predicted octanol–water partition coefficient (Wildman–Crippen LogP) is 2.11. The van der Waals surface area contributed by atoms with Gasteiger partial charge in [0.2, 0.25) is 20.1 Å². The molecule has 0 radical (unpaired) electrons. The summed E-state index contributed by atoms with van der Waals surface area (Å²) < 4.78 is 64.7. The zero-order valence-corrected chi connectivity index (χ0v) is 11.4. The Balaban J connectivity index is 2.31. The van der Waals surface area contributed by atoms with Gasteiger partial charge in [-0.25, -0.2) is 8.42 Å². The first-order valence-electron chi connectivity index (χ1n) is 5.16. The molecular formula is C10H8F3N3O2S2. The highest BCUT2D eigenvalue weighted by Gasteiger charge is 2.31. The maximum Gasteiger partial charge on any atom is 0.416 e. The van der Waals surface area contributed by atoms with E-state index in [0.29, 0.717) is 11.5 Å². The Bertz CT molecular complexity index is 725. The van der Waals surface area contributed by atoms with Gasteiger partial charge < -0.3 is 5.73 Å². The van der Waals surface area contributed by atoms with Crippen LogP contribution < -0.4 is 5.73 Å². The van der Waals surface area contributed by atoms with Crippen LogP contribution in [-0.4, -0.2) is 17.8 Å². The molecule has 0 aliphatic carbocycles. The number of aromatic nitrogens is 2. The van der Waals surface area contributed by atoms with Crippen LogP contribution in [0.15, 0.2) is 28.6 Å². The molecule has 0 saturated carbocycles. The molecule has 2 N–H and O–H groups in total. The molecule has 0 atom stereocenters. The molecule has 0 spiro atoms. The molecule has 2 aromatic rings. The molecule has 1 heterocycles. The van der Waals surface area contributed by atoms with Gasteiger partial charge in [0.05, 0.1) is 11.3 Å². The molecule has 0 aliphatic heterocycles. The summed E-state index contributed by atoms with van der Waals surface area (Å²) in [4.78, 5) is 3.52. The maximum atomic E-state index is 12.5. The molecule has 0 fully saturated rings. The van der Waals surface area contributed by atoms with Gasteiger partial charge in [-0.15, -0.1) is 0 Å². The highest BCUT2D eigenvalue weighted by atomic mass is 32.2. The minimum absolute atomic E-state index is 0.0218. The lowest BCUT2D eigenvalue weighted by atomic mass is 10.1. The molecule has 1 aromatic carbocycles. The Labute approximate surface area is 116 Å². The van der Waals surface area contributed by atoms with E-state index in [-0.39, 0.29) is 15.9 Å². The summed E-state index contributed by atoms with van der Waals surface area (Å²) >= 11 is 0.589. The summed E-state index contributed by atoms with van der Waals surface area (Å²) in [7, 11) is -3.86. The average Bonchev–Trinajstić information content (AvgIpc) is 2.75. The lowest BCUT2D eigenvalue weighted by molar-refractivity contribution is -0.137. The van der Waals surface area contributed by atoms with Crippen molar-refractivity contribution in [2.24, 2.45) is 0 Å². The molecule has 108 valence electrons. The number of nitrogens with zero attached hydrogens (tertiary/aromatic N) is 2. The Hall–Kier alpha value is -1.68. The van der Waals surface area contributed by atoms with E-state index in [0.717, 1.165) is 18.2 Å². The number of hydrogen-bond acceptors (Lipinski definition) is 6. The first kappa shape index (κ1) is 14.7. The Morgan fingerprint density at radius 3 is 2.55 bits per heavy atom. The number of benzene rings is 1. The second-order valence-corrected chi connectivity index (χ2v) is 6.79. The monoisotopic (exact) mass is 323 g/mol. The SMILES string of the molecule is Nc1nsc(S(=O)(=O)Cc2cccc(C(F)(F)F)c2)n1. The third kappa shape index (κ3) is 3.25. The maximum absolute atomic E-state index is 12.5. The van der Waals surface area contributed by atoms with Gasteiger partial charge in [-0.3, -0.25) is 0 Å². The standard InChI is InChI=1S/C10H8F3N3O2S2/c11-10(12,13)7-3-1-2-6(4-7)5-20(17,18)9-15-8(14)16-19-9/h1-4H,5H2,(H2,14,16). The number of anilines is 1. The van der Waals surface area contributed by atoms with E-state index in [4.69, 9.17) is 5.73 Å². The van der Waals surface area contributed by atoms with Crippen molar-refractivity contribution in [3.8, 4) is 0 Å². The smallest absolute Gasteiger partial charge is 0.367 e. The number of sulfone groups is 1. The van der Waals surface area contributed by atoms with E-state index in [1.54, 1.807) is 0 Å². The molecule has 0 saturated heterocycles. The minimum Gasteiger partial charge on any atom is -0.367 e. The van der Waals surface area contributed by atoms with Crippen LogP contribution in [0.3, 0.4) is 0 Å². The third-order valence-corrected chi connectivity index (χ3v) is 5.15. The van der Waals surface area contributed by atoms with Gasteiger partial charge >= 0.3 is 6.18 Å². The van der Waals surface area contributed by atoms with Crippen molar-refractivity contribution < 1.29 is 21.6 Å². The summed E-state index contributed by atoms with van der Waals surface area (Å²) in [5.74, 6) is -0.774. The van der Waals surface area contributed by atoms with E-state index in [1.807, 2.05) is 0 Å². The molecule has 2 rings (SSSR count). The van der Waals surface area contributed by atoms with E-state index < -0.39 is 27.3 Å². The zero-order chi connectivity index (χ0) is 15.0. The highest BCUT2D eigenvalue weighted by molar-refractivity contribution is 7.92. The molecule has 10 heteroatoms. The fraction of sp³-hybridized carbons (Fsp3) is 0.200. The number of hydrogen-bond donors (Lipinski definition) is 1. The summed E-state index contributed by atoms with van der Waals surface area (Å²) in [6, 6.07) is 4.13. The normalized spacial score (nSPS) is 12.6. The molecule has 5 nitrogen and oxygen atoms in total. The van der Waals surface area contributed by atoms with Crippen molar-refractivity contribution >= 4 is 27.3 Å². The summed E-state index contributed by atoms with van der Waals surface area (Å²) in [6.07, 6.45) is -4.52. The van der Waals surface area contributed by atoms with E-state index >= 15 is 0 Å². The third-order valence-electron chi connectivity index (χ3n) is 2.30. The minimum atomic E-state index is -4.52. The summed E-state index contributed by atoms with van der Waals surface area (Å²) in [5, 5.41) is 0. The van der Waals surface area contributed by atoms with Crippen molar-refractivity contribution in [3.05, 3.63) is 35.4 Å². The number of alkyl halides is 3. The molecule has 0 bridgehead atoms. The Kier molecular flexibility index (Phi) is 3.69. The lowest BCUT2D eigenvalue weighted by Crippen LogP contribution is -2.08. The molecular weight excluding hydrogens is 315 g/mol. The van der Waals surface area contributed by atoms with Gasteiger partial charge in [0.25, 0.3) is 0 Å².